The molecule has 0 aromatic carbocycles. The molecule has 7 N–H and O–H groups in total. The Balaban J connectivity index is 1.54. The summed E-state index contributed by atoms with van der Waals surface area (Å²) in [4.78, 5) is 47.2. The molecule has 2 aromatic rings. The molecule has 38 heavy (non-hydrogen) atoms. The molecular formula is C19H22F2N9O6S2+. The molecule has 2 aromatic heterocycles. The molecule has 0 saturated carbocycles. The van der Waals surface area contributed by atoms with Crippen LogP contribution in [0.2, 0.25) is 0 Å². The zero-order valence-electron chi connectivity index (χ0n) is 19.4. The number of alkyl halides is 2. The number of aliphatic hydroxyl groups excluding tert-OH is 1. The second-order valence-corrected chi connectivity index (χ2v) is 9.76. The smallest absolute Gasteiger partial charge is 0.352 e. The van der Waals surface area contributed by atoms with Gasteiger partial charge in [0.2, 0.25) is 11.5 Å². The number of hydrogen-bond donors (Lipinski definition) is 5. The van der Waals surface area contributed by atoms with Crippen LogP contribution >= 0.6 is 23.3 Å². The molecule has 19 heteroatoms. The summed E-state index contributed by atoms with van der Waals surface area (Å²) in [5.41, 5.74) is 11.0. The van der Waals surface area contributed by atoms with Crippen LogP contribution in [0.1, 0.15) is 5.82 Å². The summed E-state index contributed by atoms with van der Waals surface area (Å²) in [5, 5.41) is 24.1. The van der Waals surface area contributed by atoms with Gasteiger partial charge in [-0.3, -0.25) is 14.5 Å². The van der Waals surface area contributed by atoms with Crippen molar-refractivity contribution in [2.75, 3.05) is 30.5 Å². The maximum atomic E-state index is 13.2. The molecule has 15 nitrogen and oxygen atoms in total. The molecule has 1 fully saturated rings. The van der Waals surface area contributed by atoms with Crippen LogP contribution in [-0.2, 0) is 32.3 Å². The average Bonchev–Trinajstić information content (AvgIpc) is 3.47. The SMILES string of the molecule is Nc1nc(C(=NOC(F)CF)C(=O)N[C@@H]2C(=O)N3C(C(=O)O)=C(C[n+]4ccc(N)n4CCO)CS[C@H]23)ns1. The lowest BCUT2D eigenvalue weighted by molar-refractivity contribution is -0.767. The van der Waals surface area contributed by atoms with Crippen LogP contribution in [0.25, 0.3) is 0 Å². The van der Waals surface area contributed by atoms with E-state index < -0.39 is 47.9 Å². The minimum atomic E-state index is -2.45. The van der Waals surface area contributed by atoms with E-state index in [2.05, 4.69) is 24.7 Å². The van der Waals surface area contributed by atoms with Crippen molar-refractivity contribution in [3.05, 3.63) is 29.4 Å². The maximum Gasteiger partial charge on any atom is 0.352 e. The fraction of sp³-hybridized carbons (Fsp3) is 0.421. The van der Waals surface area contributed by atoms with Crippen molar-refractivity contribution in [2.45, 2.75) is 30.9 Å². The summed E-state index contributed by atoms with van der Waals surface area (Å²) in [6.07, 6.45) is -0.820. The van der Waals surface area contributed by atoms with E-state index in [4.69, 9.17) is 11.5 Å². The van der Waals surface area contributed by atoms with E-state index in [9.17, 15) is 33.4 Å². The van der Waals surface area contributed by atoms with E-state index in [-0.39, 0.29) is 42.1 Å². The number of nitrogens with zero attached hydrogens (tertiary/aromatic N) is 6. The zero-order chi connectivity index (χ0) is 27.6. The Morgan fingerprint density at radius 3 is 2.82 bits per heavy atom. The number of aliphatic hydroxyl groups is 1. The molecule has 1 unspecified atom stereocenters. The first-order chi connectivity index (χ1) is 18.2. The maximum absolute atomic E-state index is 13.2. The standard InChI is InChI=1S/C19H21F2N9O6S2/c20-5-9(21)36-26-11(14-25-19(23)38-27-14)15(32)24-12-16(33)30-13(18(34)35)8(7-37-17(12)30)6-28-2-1-10(22)29(28)3-4-31/h1-2,9,12,17,22,31H,3-7H2,(H4,23,24,25,27,32,34,35)/p+1/t9?,12-,17-/m1/s1. The number of carbonyl (C=O) groups is 3. The number of nitrogens with one attached hydrogen (secondary N) is 1. The van der Waals surface area contributed by atoms with Crippen molar-refractivity contribution in [1.29, 1.82) is 0 Å². The Morgan fingerprint density at radius 2 is 2.18 bits per heavy atom. The van der Waals surface area contributed by atoms with Gasteiger partial charge in [0.1, 0.15) is 23.7 Å². The second kappa shape index (κ2) is 11.3. The first kappa shape index (κ1) is 27.2. The molecule has 0 bridgehead atoms. The number of fused-ring (bicyclic) bond motifs is 1. The number of carbonyl (C=O) groups excluding carboxylic acids is 2. The van der Waals surface area contributed by atoms with Gasteiger partial charge in [0, 0.05) is 22.9 Å². The molecule has 0 aliphatic carbocycles. The van der Waals surface area contributed by atoms with Crippen LogP contribution in [0.4, 0.5) is 19.7 Å². The quantitative estimate of drug-likeness (QED) is 0.0874. The number of β-lactam (4-membered cyclic amide) rings is 1. The lowest BCUT2D eigenvalue weighted by atomic mass is 10.0. The molecule has 2 amide bonds. The Kier molecular flexibility index (Phi) is 8.07. The topological polar surface area (TPSA) is 215 Å². The third-order valence-electron chi connectivity index (χ3n) is 5.47. The summed E-state index contributed by atoms with van der Waals surface area (Å²) >= 11 is 1.92. The van der Waals surface area contributed by atoms with E-state index in [1.807, 2.05) is 0 Å². The number of aliphatic carboxylic acids is 1. The summed E-state index contributed by atoms with van der Waals surface area (Å²) < 4.78 is 32.7. The number of anilines is 2. The molecule has 0 spiro atoms. The van der Waals surface area contributed by atoms with Gasteiger partial charge >= 0.3 is 5.97 Å². The Morgan fingerprint density at radius 1 is 1.42 bits per heavy atom. The summed E-state index contributed by atoms with van der Waals surface area (Å²) in [6, 6.07) is 0.441. The monoisotopic (exact) mass is 574 g/mol. The van der Waals surface area contributed by atoms with Gasteiger partial charge in [0.25, 0.3) is 18.2 Å². The Labute approximate surface area is 220 Å². The number of thioether (sulfide) groups is 1. The Bertz CT molecular complexity index is 1320. The highest BCUT2D eigenvalue weighted by atomic mass is 32.2. The van der Waals surface area contributed by atoms with Crippen molar-refractivity contribution >= 4 is 57.7 Å². The predicted molar refractivity (Wildman–Crippen MR) is 129 cm³/mol. The molecular weight excluding hydrogens is 552 g/mol. The largest absolute Gasteiger partial charge is 0.477 e. The highest BCUT2D eigenvalue weighted by molar-refractivity contribution is 8.00. The van der Waals surface area contributed by atoms with Gasteiger partial charge in [-0.2, -0.15) is 13.7 Å². The number of carboxylic acid groups (broad SMARTS) is 1. The van der Waals surface area contributed by atoms with Gasteiger partial charge in [0.05, 0.1) is 12.7 Å². The zero-order valence-corrected chi connectivity index (χ0v) is 21.0. The number of halogens is 2. The number of carboxylic acids is 1. The van der Waals surface area contributed by atoms with Crippen LogP contribution in [0.15, 0.2) is 28.7 Å². The molecule has 4 heterocycles. The van der Waals surface area contributed by atoms with Crippen LogP contribution < -0.4 is 21.5 Å². The third kappa shape index (κ3) is 5.24. The van der Waals surface area contributed by atoms with E-state index in [0.29, 0.717) is 22.9 Å². The van der Waals surface area contributed by atoms with Crippen LogP contribution in [0.3, 0.4) is 0 Å². The van der Waals surface area contributed by atoms with E-state index in [1.165, 1.54) is 11.8 Å². The van der Waals surface area contributed by atoms with Gasteiger partial charge in [-0.25, -0.2) is 9.18 Å². The Hall–Kier alpha value is -3.84. The molecule has 2 aliphatic heterocycles. The van der Waals surface area contributed by atoms with E-state index in [0.717, 1.165) is 4.90 Å². The van der Waals surface area contributed by atoms with Crippen molar-refractivity contribution in [3.63, 3.8) is 0 Å². The van der Waals surface area contributed by atoms with Gasteiger partial charge in [0.15, 0.2) is 30.4 Å². The van der Waals surface area contributed by atoms with Gasteiger partial charge in [-0.05, 0) is 0 Å². The minimum absolute atomic E-state index is 0.0370. The second-order valence-electron chi connectivity index (χ2n) is 7.87. The number of amides is 2. The summed E-state index contributed by atoms with van der Waals surface area (Å²) in [5.74, 6) is -2.84. The third-order valence-corrected chi connectivity index (χ3v) is 7.36. The van der Waals surface area contributed by atoms with Crippen molar-refractivity contribution < 1.29 is 42.9 Å². The molecule has 204 valence electrons. The van der Waals surface area contributed by atoms with Crippen molar-refractivity contribution in [3.8, 4) is 0 Å². The summed E-state index contributed by atoms with van der Waals surface area (Å²) in [7, 11) is 0. The number of nitrogen functional groups attached to an aromatic ring is 2. The normalized spacial score (nSPS) is 20.1. The van der Waals surface area contributed by atoms with Gasteiger partial charge in [-0.15, -0.1) is 21.1 Å². The lowest BCUT2D eigenvalue weighted by Gasteiger charge is -2.49. The highest BCUT2D eigenvalue weighted by Crippen LogP contribution is 2.40. The molecule has 0 radical (unpaired) electrons. The van der Waals surface area contributed by atoms with Crippen LogP contribution in [0, 0.1) is 0 Å². The molecule has 2 aliphatic rings. The molecule has 1 saturated heterocycles. The van der Waals surface area contributed by atoms with Gasteiger partial charge in [-0.1, -0.05) is 5.16 Å². The molecule has 3 atom stereocenters. The first-order valence-electron chi connectivity index (χ1n) is 10.9. The average molecular weight is 575 g/mol. The van der Waals surface area contributed by atoms with Crippen molar-refractivity contribution in [2.24, 2.45) is 5.16 Å². The predicted octanol–water partition coefficient (Wildman–Crippen LogP) is -1.79. The van der Waals surface area contributed by atoms with Crippen molar-refractivity contribution in [1.82, 2.24) is 24.3 Å². The lowest BCUT2D eigenvalue weighted by Crippen LogP contribution is -2.71. The highest BCUT2D eigenvalue weighted by Gasteiger charge is 2.55. The number of hydrogen-bond acceptors (Lipinski definition) is 12. The fourth-order valence-corrected chi connectivity index (χ4v) is 5.60. The van der Waals surface area contributed by atoms with Gasteiger partial charge < -0.3 is 31.8 Å². The molecule has 4 rings (SSSR count). The minimum Gasteiger partial charge on any atom is -0.477 e. The summed E-state index contributed by atoms with van der Waals surface area (Å²) in [6.45, 7) is -1.44. The fourth-order valence-electron chi connectivity index (χ4n) is 3.83. The first-order valence-corrected chi connectivity index (χ1v) is 12.7. The van der Waals surface area contributed by atoms with Crippen LogP contribution in [-0.4, -0.2) is 89.5 Å². The van der Waals surface area contributed by atoms with E-state index in [1.54, 1.807) is 21.6 Å². The number of nitrogens with two attached hydrogens (primary N) is 2. The van der Waals surface area contributed by atoms with Crippen LogP contribution in [0.5, 0.6) is 0 Å². The number of rotatable bonds is 11. The number of oxime groups is 1. The number of aromatic nitrogens is 4. The van der Waals surface area contributed by atoms with E-state index >= 15 is 0 Å².